The first-order valence-corrected chi connectivity index (χ1v) is 16.3. The minimum absolute atomic E-state index is 0.0183. The van der Waals surface area contributed by atoms with Gasteiger partial charge in [-0.1, -0.05) is 66.7 Å². The quantitative estimate of drug-likeness (QED) is 0.0896. The maximum absolute atomic E-state index is 14.1. The van der Waals surface area contributed by atoms with E-state index in [-0.39, 0.29) is 19.0 Å². The van der Waals surface area contributed by atoms with Gasteiger partial charge in [0.1, 0.15) is 35.3 Å². The van der Waals surface area contributed by atoms with Crippen LogP contribution in [-0.4, -0.2) is 25.3 Å². The summed E-state index contributed by atoms with van der Waals surface area (Å²) in [5.74, 6) is 0.0109. The standard InChI is InChI=1S/C41H35F2NO6/c1-2-47-39(45)13-8-24-48-37-12-7-6-11-35(37)38-26-31-25-34(22-23-36(31)50-38)44(41(46)49-27-28-9-4-3-5-10-28)40(29-14-18-32(42)19-15-29)30-16-20-33(43)21-17-30/h3-7,9-12,14-23,25-26,40H,2,8,13,24,27H2,1H3. The summed E-state index contributed by atoms with van der Waals surface area (Å²) in [6.07, 6.45) is 0.0952. The molecule has 5 aromatic carbocycles. The third kappa shape index (κ3) is 8.18. The number of benzene rings is 5. The molecule has 7 nitrogen and oxygen atoms in total. The predicted octanol–water partition coefficient (Wildman–Crippen LogP) is 10.0. The molecule has 0 fully saturated rings. The van der Waals surface area contributed by atoms with E-state index in [4.69, 9.17) is 18.6 Å². The Balaban J connectivity index is 1.36. The van der Waals surface area contributed by atoms with E-state index in [1.54, 1.807) is 43.3 Å². The lowest BCUT2D eigenvalue weighted by Crippen LogP contribution is -2.36. The molecule has 0 bridgehead atoms. The molecule has 0 radical (unpaired) electrons. The van der Waals surface area contributed by atoms with Crippen LogP contribution in [-0.2, 0) is 20.9 Å². The van der Waals surface area contributed by atoms with E-state index < -0.39 is 23.8 Å². The van der Waals surface area contributed by atoms with Crippen molar-refractivity contribution in [2.24, 2.45) is 0 Å². The van der Waals surface area contributed by atoms with Crippen LogP contribution >= 0.6 is 0 Å². The van der Waals surface area contributed by atoms with Crippen molar-refractivity contribution in [2.45, 2.75) is 32.4 Å². The molecule has 0 saturated heterocycles. The van der Waals surface area contributed by atoms with Crippen LogP contribution in [0.15, 0.2) is 132 Å². The number of para-hydroxylation sites is 1. The van der Waals surface area contributed by atoms with Gasteiger partial charge in [0.25, 0.3) is 0 Å². The second kappa shape index (κ2) is 16.0. The van der Waals surface area contributed by atoms with Crippen molar-refractivity contribution < 1.29 is 37.0 Å². The molecule has 0 saturated carbocycles. The molecule has 0 atom stereocenters. The van der Waals surface area contributed by atoms with Crippen molar-refractivity contribution >= 4 is 28.7 Å². The van der Waals surface area contributed by atoms with Gasteiger partial charge >= 0.3 is 12.1 Å². The molecule has 0 aliphatic heterocycles. The zero-order chi connectivity index (χ0) is 34.9. The highest BCUT2D eigenvalue weighted by atomic mass is 19.1. The SMILES string of the molecule is CCOC(=O)CCCOc1ccccc1-c1cc2cc(N(C(=O)OCc3ccccc3)C(c3ccc(F)cc3)c3ccc(F)cc3)ccc2o1. The minimum Gasteiger partial charge on any atom is -0.493 e. The normalized spacial score (nSPS) is 11.0. The average molecular weight is 676 g/mol. The second-order valence-corrected chi connectivity index (χ2v) is 11.5. The Labute approximate surface area is 288 Å². The van der Waals surface area contributed by atoms with Gasteiger partial charge in [-0.25, -0.2) is 13.6 Å². The summed E-state index contributed by atoms with van der Waals surface area (Å²) >= 11 is 0. The van der Waals surface area contributed by atoms with Crippen LogP contribution < -0.4 is 9.64 Å². The highest BCUT2D eigenvalue weighted by molar-refractivity contribution is 5.94. The van der Waals surface area contributed by atoms with Crippen molar-refractivity contribution in [3.63, 3.8) is 0 Å². The number of amides is 1. The Morgan fingerprint density at radius 1 is 0.760 bits per heavy atom. The number of hydrogen-bond donors (Lipinski definition) is 0. The fourth-order valence-corrected chi connectivity index (χ4v) is 5.67. The Morgan fingerprint density at radius 3 is 2.10 bits per heavy atom. The van der Waals surface area contributed by atoms with Crippen molar-refractivity contribution in [1.29, 1.82) is 0 Å². The first kappa shape index (κ1) is 33.9. The molecular weight excluding hydrogens is 640 g/mol. The predicted molar refractivity (Wildman–Crippen MR) is 187 cm³/mol. The van der Waals surface area contributed by atoms with E-state index in [2.05, 4.69) is 0 Å². The third-order valence-corrected chi connectivity index (χ3v) is 8.05. The van der Waals surface area contributed by atoms with E-state index in [0.717, 1.165) is 11.1 Å². The summed E-state index contributed by atoms with van der Waals surface area (Å²) in [6, 6.07) is 34.8. The zero-order valence-electron chi connectivity index (χ0n) is 27.4. The molecule has 0 aliphatic carbocycles. The molecule has 9 heteroatoms. The number of fused-ring (bicyclic) bond motifs is 1. The Bertz CT molecular complexity index is 2000. The number of ether oxygens (including phenoxy) is 3. The summed E-state index contributed by atoms with van der Waals surface area (Å²) < 4.78 is 51.3. The lowest BCUT2D eigenvalue weighted by Gasteiger charge is -2.32. The van der Waals surface area contributed by atoms with Crippen molar-refractivity contribution in [2.75, 3.05) is 18.1 Å². The highest BCUT2D eigenvalue weighted by Gasteiger charge is 2.31. The Kier molecular flexibility index (Phi) is 10.8. The number of esters is 1. The van der Waals surface area contributed by atoms with Crippen LogP contribution in [0.4, 0.5) is 19.3 Å². The molecule has 254 valence electrons. The van der Waals surface area contributed by atoms with Gasteiger partial charge in [-0.3, -0.25) is 9.69 Å². The summed E-state index contributed by atoms with van der Waals surface area (Å²) in [5, 5.41) is 0.701. The third-order valence-electron chi connectivity index (χ3n) is 8.05. The molecule has 0 aliphatic rings. The topological polar surface area (TPSA) is 78.2 Å². The number of anilines is 1. The minimum atomic E-state index is -0.799. The van der Waals surface area contributed by atoms with Crippen molar-refractivity contribution in [3.8, 4) is 17.1 Å². The van der Waals surface area contributed by atoms with Gasteiger partial charge in [-0.05, 0) is 90.7 Å². The van der Waals surface area contributed by atoms with E-state index >= 15 is 0 Å². The lowest BCUT2D eigenvalue weighted by atomic mass is 9.96. The van der Waals surface area contributed by atoms with Crippen LogP contribution in [0.1, 0.15) is 42.5 Å². The summed E-state index contributed by atoms with van der Waals surface area (Å²) in [6.45, 7) is 2.44. The number of nitrogens with zero attached hydrogens (tertiary/aromatic N) is 1. The summed E-state index contributed by atoms with van der Waals surface area (Å²) in [4.78, 5) is 27.4. The molecule has 50 heavy (non-hydrogen) atoms. The fraction of sp³-hybridized carbons (Fsp3) is 0.171. The van der Waals surface area contributed by atoms with Crippen LogP contribution in [0.5, 0.6) is 5.75 Å². The second-order valence-electron chi connectivity index (χ2n) is 11.5. The van der Waals surface area contributed by atoms with Gasteiger partial charge in [0, 0.05) is 17.5 Å². The molecule has 1 heterocycles. The van der Waals surface area contributed by atoms with Gasteiger partial charge in [0.05, 0.1) is 24.8 Å². The van der Waals surface area contributed by atoms with Gasteiger partial charge in [-0.15, -0.1) is 0 Å². The number of halogens is 2. The van der Waals surface area contributed by atoms with Crippen molar-refractivity contribution in [1.82, 2.24) is 0 Å². The highest BCUT2D eigenvalue weighted by Crippen LogP contribution is 2.39. The monoisotopic (exact) mass is 675 g/mol. The van der Waals surface area contributed by atoms with Crippen LogP contribution in [0.2, 0.25) is 0 Å². The smallest absolute Gasteiger partial charge is 0.415 e. The first-order chi connectivity index (χ1) is 24.4. The Morgan fingerprint density at radius 2 is 1.42 bits per heavy atom. The van der Waals surface area contributed by atoms with E-state index in [0.29, 0.717) is 58.9 Å². The van der Waals surface area contributed by atoms with Gasteiger partial charge in [0.15, 0.2) is 0 Å². The number of carbonyl (C=O) groups excluding carboxylic acids is 2. The largest absolute Gasteiger partial charge is 0.493 e. The van der Waals surface area contributed by atoms with Gasteiger partial charge in [0.2, 0.25) is 0 Å². The number of furan rings is 1. The number of hydrogen-bond acceptors (Lipinski definition) is 6. The molecule has 1 aromatic heterocycles. The zero-order valence-corrected chi connectivity index (χ0v) is 27.4. The Hall–Kier alpha value is -5.96. The van der Waals surface area contributed by atoms with Crippen LogP contribution in [0, 0.1) is 11.6 Å². The van der Waals surface area contributed by atoms with Gasteiger partial charge < -0.3 is 18.6 Å². The molecular formula is C41H35F2NO6. The van der Waals surface area contributed by atoms with Gasteiger partial charge in [-0.2, -0.15) is 0 Å². The van der Waals surface area contributed by atoms with E-state index in [1.165, 1.54) is 29.2 Å². The molecule has 1 amide bonds. The molecule has 6 rings (SSSR count). The van der Waals surface area contributed by atoms with E-state index in [1.807, 2.05) is 66.7 Å². The van der Waals surface area contributed by atoms with Crippen LogP contribution in [0.25, 0.3) is 22.3 Å². The summed E-state index contributed by atoms with van der Waals surface area (Å²) in [5.41, 5.74) is 3.76. The van der Waals surface area contributed by atoms with E-state index in [9.17, 15) is 18.4 Å². The lowest BCUT2D eigenvalue weighted by molar-refractivity contribution is -0.143. The molecule has 0 unspecified atom stereocenters. The van der Waals surface area contributed by atoms with Crippen LogP contribution in [0.3, 0.4) is 0 Å². The summed E-state index contributed by atoms with van der Waals surface area (Å²) in [7, 11) is 0. The fourth-order valence-electron chi connectivity index (χ4n) is 5.67. The number of rotatable bonds is 13. The molecule has 0 N–H and O–H groups in total. The first-order valence-electron chi connectivity index (χ1n) is 16.3. The maximum Gasteiger partial charge on any atom is 0.415 e. The molecule has 0 spiro atoms. The number of carbonyl (C=O) groups is 2. The van der Waals surface area contributed by atoms with Crippen molar-refractivity contribution in [3.05, 3.63) is 156 Å². The molecule has 6 aromatic rings. The maximum atomic E-state index is 14.1. The average Bonchev–Trinajstić information content (AvgIpc) is 3.56.